The fraction of sp³-hybridized carbons (Fsp3) is 0.462. The smallest absolute Gasteiger partial charge is 0.261 e. The van der Waals surface area contributed by atoms with Crippen LogP contribution in [-0.2, 0) is 6.42 Å². The molecule has 96 valence electrons. The van der Waals surface area contributed by atoms with Gasteiger partial charge >= 0.3 is 0 Å². The number of hydrogen-bond donors (Lipinski definition) is 2. The fourth-order valence-corrected chi connectivity index (χ4v) is 2.33. The van der Waals surface area contributed by atoms with E-state index >= 15 is 0 Å². The molecule has 1 aromatic heterocycles. The Balaban J connectivity index is 2.58. The average molecular weight is 248 g/mol. The molecule has 5 nitrogen and oxygen atoms in total. The van der Waals surface area contributed by atoms with Gasteiger partial charge in [0, 0.05) is 24.7 Å². The highest BCUT2D eigenvalue weighted by molar-refractivity contribution is 6.01. The summed E-state index contributed by atoms with van der Waals surface area (Å²) in [5.74, 6) is -0.501. The summed E-state index contributed by atoms with van der Waals surface area (Å²) in [7, 11) is 1.45. The van der Waals surface area contributed by atoms with Crippen LogP contribution in [0.4, 0.5) is 0 Å². The summed E-state index contributed by atoms with van der Waals surface area (Å²) in [4.78, 5) is 38.0. The van der Waals surface area contributed by atoms with Gasteiger partial charge in [-0.2, -0.15) is 0 Å². The molecule has 0 saturated heterocycles. The summed E-state index contributed by atoms with van der Waals surface area (Å²) in [6.07, 6.45) is 1.07. The van der Waals surface area contributed by atoms with E-state index < -0.39 is 11.5 Å². The lowest BCUT2D eigenvalue weighted by Crippen LogP contribution is -2.33. The summed E-state index contributed by atoms with van der Waals surface area (Å²) in [5, 5.41) is 2.39. The van der Waals surface area contributed by atoms with Gasteiger partial charge in [0.25, 0.3) is 11.5 Å². The van der Waals surface area contributed by atoms with Crippen LogP contribution in [0.15, 0.2) is 10.9 Å². The van der Waals surface area contributed by atoms with Crippen LogP contribution in [0.2, 0.25) is 0 Å². The van der Waals surface area contributed by atoms with Crippen molar-refractivity contribution in [3.8, 4) is 0 Å². The molecular weight excluding hydrogens is 232 g/mol. The minimum atomic E-state index is -0.475. The van der Waals surface area contributed by atoms with Crippen LogP contribution in [0.1, 0.15) is 46.7 Å². The number of amides is 1. The molecule has 5 heteroatoms. The van der Waals surface area contributed by atoms with Gasteiger partial charge in [-0.1, -0.05) is 13.8 Å². The van der Waals surface area contributed by atoms with Crippen molar-refractivity contribution in [2.45, 2.75) is 26.7 Å². The molecule has 0 atom stereocenters. The number of ketones is 1. The minimum Gasteiger partial charge on any atom is -0.355 e. The predicted molar refractivity (Wildman–Crippen MR) is 66.9 cm³/mol. The number of rotatable bonds is 1. The first-order valence-electron chi connectivity index (χ1n) is 5.85. The van der Waals surface area contributed by atoms with Gasteiger partial charge in [-0.05, 0) is 17.9 Å². The number of H-pyrrole nitrogens is 1. The van der Waals surface area contributed by atoms with Gasteiger partial charge in [-0.15, -0.1) is 0 Å². The predicted octanol–water partition coefficient (Wildman–Crippen LogP) is 0.890. The normalized spacial score (nSPS) is 17.2. The number of pyridine rings is 1. The molecule has 18 heavy (non-hydrogen) atoms. The number of carbonyl (C=O) groups excluding carboxylic acids is 2. The first-order chi connectivity index (χ1) is 8.34. The van der Waals surface area contributed by atoms with E-state index in [4.69, 9.17) is 0 Å². The molecule has 1 aromatic rings. The van der Waals surface area contributed by atoms with E-state index in [1.807, 2.05) is 13.8 Å². The third-order valence-electron chi connectivity index (χ3n) is 3.19. The minimum absolute atomic E-state index is 0.00990. The Bertz CT molecular complexity index is 584. The van der Waals surface area contributed by atoms with Crippen LogP contribution in [0, 0.1) is 5.41 Å². The molecule has 0 unspecified atom stereocenters. The topological polar surface area (TPSA) is 79.0 Å². The first kappa shape index (κ1) is 12.5. The van der Waals surface area contributed by atoms with E-state index in [2.05, 4.69) is 10.3 Å². The van der Waals surface area contributed by atoms with Crippen molar-refractivity contribution in [1.29, 1.82) is 0 Å². The van der Waals surface area contributed by atoms with Crippen molar-refractivity contribution >= 4 is 11.7 Å². The van der Waals surface area contributed by atoms with Crippen molar-refractivity contribution in [2.24, 2.45) is 5.41 Å². The van der Waals surface area contributed by atoms with Crippen LogP contribution in [0.5, 0.6) is 0 Å². The summed E-state index contributed by atoms with van der Waals surface area (Å²) in [6, 6.07) is 1.41. The first-order valence-corrected chi connectivity index (χ1v) is 5.85. The Hall–Kier alpha value is -1.91. The van der Waals surface area contributed by atoms with Crippen LogP contribution >= 0.6 is 0 Å². The molecule has 0 saturated carbocycles. The highest BCUT2D eigenvalue weighted by Gasteiger charge is 2.32. The Morgan fingerprint density at radius 1 is 1.33 bits per heavy atom. The maximum Gasteiger partial charge on any atom is 0.261 e. The Labute approximate surface area is 105 Å². The van der Waals surface area contributed by atoms with Gasteiger partial charge in [0.1, 0.15) is 5.56 Å². The van der Waals surface area contributed by atoms with Gasteiger partial charge in [0.2, 0.25) is 0 Å². The SMILES string of the molecule is CNC(=O)c1cc2c([nH]c1=O)CC(C)(C)CC2=O. The molecule has 0 aliphatic heterocycles. The second-order valence-electron chi connectivity index (χ2n) is 5.42. The van der Waals surface area contributed by atoms with Crippen LogP contribution < -0.4 is 10.9 Å². The van der Waals surface area contributed by atoms with E-state index in [1.165, 1.54) is 13.1 Å². The lowest BCUT2D eigenvalue weighted by Gasteiger charge is -2.29. The van der Waals surface area contributed by atoms with Crippen molar-refractivity contribution in [3.05, 3.63) is 33.2 Å². The molecule has 0 spiro atoms. The number of carbonyl (C=O) groups is 2. The molecule has 0 fully saturated rings. The van der Waals surface area contributed by atoms with E-state index in [9.17, 15) is 14.4 Å². The molecule has 1 aliphatic rings. The molecule has 2 rings (SSSR count). The number of fused-ring (bicyclic) bond motifs is 1. The molecule has 2 N–H and O–H groups in total. The number of nitrogens with one attached hydrogen (secondary N) is 2. The maximum atomic E-state index is 12.0. The third-order valence-corrected chi connectivity index (χ3v) is 3.19. The zero-order chi connectivity index (χ0) is 13.5. The molecule has 0 radical (unpaired) electrons. The maximum absolute atomic E-state index is 12.0. The zero-order valence-corrected chi connectivity index (χ0v) is 10.7. The third kappa shape index (κ3) is 2.08. The average Bonchev–Trinajstić information content (AvgIpc) is 2.25. The van der Waals surface area contributed by atoms with Gasteiger partial charge in [0.05, 0.1) is 0 Å². The summed E-state index contributed by atoms with van der Waals surface area (Å²) in [5.41, 5.74) is 0.492. The van der Waals surface area contributed by atoms with E-state index in [0.29, 0.717) is 24.1 Å². The Morgan fingerprint density at radius 2 is 2.00 bits per heavy atom. The van der Waals surface area contributed by atoms with Gasteiger partial charge in [-0.25, -0.2) is 0 Å². The highest BCUT2D eigenvalue weighted by Crippen LogP contribution is 2.33. The summed E-state index contributed by atoms with van der Waals surface area (Å²) < 4.78 is 0. The lowest BCUT2D eigenvalue weighted by molar-refractivity contribution is 0.0910. The number of hydrogen-bond acceptors (Lipinski definition) is 3. The van der Waals surface area contributed by atoms with Gasteiger partial charge in [-0.3, -0.25) is 14.4 Å². The second-order valence-corrected chi connectivity index (χ2v) is 5.42. The number of Topliss-reactive ketones (excluding diaryl/α,β-unsaturated/α-hetero) is 1. The molecular formula is C13H16N2O3. The van der Waals surface area contributed by atoms with Crippen LogP contribution in [0.25, 0.3) is 0 Å². The molecule has 1 amide bonds. The number of aromatic nitrogens is 1. The molecule has 1 heterocycles. The highest BCUT2D eigenvalue weighted by atomic mass is 16.2. The van der Waals surface area contributed by atoms with Crippen molar-refractivity contribution < 1.29 is 9.59 Å². The van der Waals surface area contributed by atoms with E-state index in [0.717, 1.165) is 0 Å². The monoisotopic (exact) mass is 248 g/mol. The largest absolute Gasteiger partial charge is 0.355 e. The van der Waals surface area contributed by atoms with Crippen molar-refractivity contribution in [3.63, 3.8) is 0 Å². The summed E-state index contributed by atoms with van der Waals surface area (Å²) in [6.45, 7) is 3.97. The quantitative estimate of drug-likeness (QED) is 0.774. The molecule has 1 aliphatic carbocycles. The van der Waals surface area contributed by atoms with Crippen LogP contribution in [-0.4, -0.2) is 23.7 Å². The van der Waals surface area contributed by atoms with Crippen molar-refractivity contribution in [2.75, 3.05) is 7.05 Å². The standard InChI is InChI=1S/C13H16N2O3/c1-13(2)5-9-7(10(16)6-13)4-8(11(17)14-3)12(18)15-9/h4H,5-6H2,1-3H3,(H,14,17)(H,15,18). The lowest BCUT2D eigenvalue weighted by atomic mass is 9.75. The second kappa shape index (κ2) is 4.08. The van der Waals surface area contributed by atoms with Gasteiger partial charge in [0.15, 0.2) is 5.78 Å². The number of aromatic amines is 1. The van der Waals surface area contributed by atoms with Crippen LogP contribution in [0.3, 0.4) is 0 Å². The molecule has 0 aromatic carbocycles. The molecule has 0 bridgehead atoms. The zero-order valence-electron chi connectivity index (χ0n) is 10.7. The van der Waals surface area contributed by atoms with Gasteiger partial charge < -0.3 is 10.3 Å². The Kier molecular flexibility index (Phi) is 2.84. The van der Waals surface area contributed by atoms with Crippen molar-refractivity contribution in [1.82, 2.24) is 10.3 Å². The fourth-order valence-electron chi connectivity index (χ4n) is 2.33. The van der Waals surface area contributed by atoms with E-state index in [-0.39, 0.29) is 16.8 Å². The van der Waals surface area contributed by atoms with E-state index in [1.54, 1.807) is 0 Å². The Morgan fingerprint density at radius 3 is 2.61 bits per heavy atom. The summed E-state index contributed by atoms with van der Waals surface area (Å²) >= 11 is 0.